The molecular formula is C25H27N5O2. The van der Waals surface area contributed by atoms with E-state index in [9.17, 15) is 4.79 Å². The van der Waals surface area contributed by atoms with Crippen LogP contribution in [0.4, 0.5) is 11.5 Å². The number of carbonyl (C=O) groups excluding carboxylic acids is 1. The maximum absolute atomic E-state index is 12.9. The lowest BCUT2D eigenvalue weighted by Gasteiger charge is -2.33. The van der Waals surface area contributed by atoms with Crippen LogP contribution < -0.4 is 5.32 Å². The molecule has 0 unspecified atom stereocenters. The number of aromatic nitrogens is 3. The minimum absolute atomic E-state index is 0.0900. The van der Waals surface area contributed by atoms with Crippen molar-refractivity contribution in [2.24, 2.45) is 0 Å². The van der Waals surface area contributed by atoms with Crippen molar-refractivity contribution in [3.63, 3.8) is 0 Å². The van der Waals surface area contributed by atoms with Crippen LogP contribution in [0.5, 0.6) is 0 Å². The number of hydrogen-bond acceptors (Lipinski definition) is 6. The van der Waals surface area contributed by atoms with Crippen LogP contribution in [0.2, 0.25) is 0 Å². The first-order valence-corrected chi connectivity index (χ1v) is 11.3. The summed E-state index contributed by atoms with van der Waals surface area (Å²) >= 11 is 0. The monoisotopic (exact) mass is 429 g/mol. The molecule has 7 heteroatoms. The quantitative estimate of drug-likeness (QED) is 0.656. The predicted octanol–water partition coefficient (Wildman–Crippen LogP) is 4.17. The number of hydrogen-bond donors (Lipinski definition) is 1. The Morgan fingerprint density at radius 2 is 1.88 bits per heavy atom. The van der Waals surface area contributed by atoms with Gasteiger partial charge in [0.2, 0.25) is 0 Å². The third-order valence-electron chi connectivity index (χ3n) is 6.07. The van der Waals surface area contributed by atoms with Crippen molar-refractivity contribution in [2.45, 2.75) is 37.7 Å². The number of piperidine rings is 1. The fraction of sp³-hybridized carbons (Fsp3) is 0.360. The predicted molar refractivity (Wildman–Crippen MR) is 123 cm³/mol. The highest BCUT2D eigenvalue weighted by molar-refractivity contribution is 5.81. The Hall–Kier alpha value is -3.32. The van der Waals surface area contributed by atoms with Crippen LogP contribution >= 0.6 is 0 Å². The van der Waals surface area contributed by atoms with E-state index in [0.29, 0.717) is 13.2 Å². The number of pyridine rings is 1. The summed E-state index contributed by atoms with van der Waals surface area (Å²) in [6.07, 6.45) is 6.92. The van der Waals surface area contributed by atoms with E-state index in [1.807, 2.05) is 53.4 Å². The normalized spacial score (nSPS) is 20.8. The molecule has 164 valence electrons. The Morgan fingerprint density at radius 1 is 1.03 bits per heavy atom. The van der Waals surface area contributed by atoms with Crippen molar-refractivity contribution in [2.75, 3.05) is 25.0 Å². The minimum Gasteiger partial charge on any atom is -0.368 e. The SMILES string of the molecule is O=C([C@@H]1CCCO1)N1CCC[C@H](c2nc(Nc3ccccc3)cc(-c3ccncc3)n2)C1. The zero-order chi connectivity index (χ0) is 21.8. The number of ether oxygens (including phenoxy) is 1. The smallest absolute Gasteiger partial charge is 0.251 e. The van der Waals surface area contributed by atoms with E-state index < -0.39 is 0 Å². The van der Waals surface area contributed by atoms with Crippen molar-refractivity contribution < 1.29 is 9.53 Å². The van der Waals surface area contributed by atoms with Gasteiger partial charge in [-0.05, 0) is 49.9 Å². The van der Waals surface area contributed by atoms with Gasteiger partial charge in [0.15, 0.2) is 0 Å². The first-order valence-electron chi connectivity index (χ1n) is 11.3. The average Bonchev–Trinajstić information content (AvgIpc) is 3.40. The summed E-state index contributed by atoms with van der Waals surface area (Å²) < 4.78 is 5.63. The Labute approximate surface area is 187 Å². The lowest BCUT2D eigenvalue weighted by molar-refractivity contribution is -0.142. The molecule has 2 atom stereocenters. The summed E-state index contributed by atoms with van der Waals surface area (Å²) in [4.78, 5) is 28.8. The fourth-order valence-electron chi connectivity index (χ4n) is 4.42. The third-order valence-corrected chi connectivity index (χ3v) is 6.07. The van der Waals surface area contributed by atoms with Crippen LogP contribution in [0.15, 0.2) is 60.9 Å². The molecule has 2 aliphatic heterocycles. The molecule has 0 aliphatic carbocycles. The number of carbonyl (C=O) groups is 1. The molecule has 7 nitrogen and oxygen atoms in total. The zero-order valence-electron chi connectivity index (χ0n) is 18.0. The molecule has 3 aromatic rings. The van der Waals surface area contributed by atoms with Gasteiger partial charge in [-0.25, -0.2) is 9.97 Å². The van der Waals surface area contributed by atoms with Gasteiger partial charge in [-0.2, -0.15) is 0 Å². The largest absolute Gasteiger partial charge is 0.368 e. The van der Waals surface area contributed by atoms with Crippen molar-refractivity contribution in [3.05, 3.63) is 66.7 Å². The molecule has 0 spiro atoms. The van der Waals surface area contributed by atoms with E-state index in [0.717, 1.165) is 60.8 Å². The molecule has 0 saturated carbocycles. The summed E-state index contributed by atoms with van der Waals surface area (Å²) in [6, 6.07) is 15.9. The molecule has 2 aromatic heterocycles. The molecule has 1 amide bonds. The molecule has 5 rings (SSSR count). The van der Waals surface area contributed by atoms with Gasteiger partial charge in [0.25, 0.3) is 5.91 Å². The number of benzene rings is 1. The van der Waals surface area contributed by atoms with Crippen LogP contribution in [0.1, 0.15) is 37.4 Å². The summed E-state index contributed by atoms with van der Waals surface area (Å²) in [6.45, 7) is 2.08. The third kappa shape index (κ3) is 4.62. The van der Waals surface area contributed by atoms with Gasteiger partial charge >= 0.3 is 0 Å². The number of nitrogens with zero attached hydrogens (tertiary/aromatic N) is 4. The minimum atomic E-state index is -0.284. The number of rotatable bonds is 5. The average molecular weight is 430 g/mol. The van der Waals surface area contributed by atoms with E-state index >= 15 is 0 Å². The van der Waals surface area contributed by atoms with Crippen LogP contribution in [0.3, 0.4) is 0 Å². The lowest BCUT2D eigenvalue weighted by atomic mass is 9.96. The Morgan fingerprint density at radius 3 is 2.66 bits per heavy atom. The molecule has 2 fully saturated rings. The maximum Gasteiger partial charge on any atom is 0.251 e. The van der Waals surface area contributed by atoms with Gasteiger partial charge < -0.3 is 15.0 Å². The highest BCUT2D eigenvalue weighted by Gasteiger charge is 2.33. The lowest BCUT2D eigenvalue weighted by Crippen LogP contribution is -2.44. The van der Waals surface area contributed by atoms with Crippen molar-refractivity contribution in [1.29, 1.82) is 0 Å². The van der Waals surface area contributed by atoms with Crippen LogP contribution in [0.25, 0.3) is 11.3 Å². The highest BCUT2D eigenvalue weighted by atomic mass is 16.5. The molecule has 0 bridgehead atoms. The molecular weight excluding hydrogens is 402 g/mol. The van der Waals surface area contributed by atoms with Crippen molar-refractivity contribution in [1.82, 2.24) is 19.9 Å². The molecule has 1 N–H and O–H groups in total. The number of para-hydroxylation sites is 1. The summed E-state index contributed by atoms with van der Waals surface area (Å²) in [5, 5.41) is 3.41. The van der Waals surface area contributed by atoms with E-state index in [-0.39, 0.29) is 17.9 Å². The molecule has 4 heterocycles. The molecule has 2 saturated heterocycles. The van der Waals surface area contributed by atoms with Gasteiger partial charge in [0.1, 0.15) is 17.7 Å². The summed E-state index contributed by atoms with van der Waals surface area (Å²) in [5.74, 6) is 1.71. The molecule has 32 heavy (non-hydrogen) atoms. The molecule has 1 aromatic carbocycles. The van der Waals surface area contributed by atoms with Crippen LogP contribution in [0, 0.1) is 0 Å². The summed E-state index contributed by atoms with van der Waals surface area (Å²) in [5.41, 5.74) is 2.80. The van der Waals surface area contributed by atoms with E-state index in [1.54, 1.807) is 12.4 Å². The zero-order valence-corrected chi connectivity index (χ0v) is 18.0. The second-order valence-electron chi connectivity index (χ2n) is 8.35. The van der Waals surface area contributed by atoms with Gasteiger partial charge in [-0.3, -0.25) is 9.78 Å². The van der Waals surface area contributed by atoms with Crippen molar-refractivity contribution in [3.8, 4) is 11.3 Å². The van der Waals surface area contributed by atoms with Gasteiger partial charge in [0, 0.05) is 55.3 Å². The first-order chi connectivity index (χ1) is 15.8. The molecule has 2 aliphatic rings. The number of nitrogens with one attached hydrogen (secondary N) is 1. The maximum atomic E-state index is 12.9. The van der Waals surface area contributed by atoms with Crippen LogP contribution in [-0.2, 0) is 9.53 Å². The van der Waals surface area contributed by atoms with Crippen LogP contribution in [-0.4, -0.2) is 51.6 Å². The topological polar surface area (TPSA) is 80.2 Å². The standard InChI is InChI=1S/C25H27N5O2/c31-25(22-9-5-15-32-22)30-14-4-6-19(17-30)24-28-21(18-10-12-26-13-11-18)16-23(29-24)27-20-7-2-1-3-8-20/h1-3,7-8,10-13,16,19,22H,4-6,9,14-15,17H2,(H,27,28,29)/t19-,22-/m0/s1. The van der Waals surface area contributed by atoms with Crippen molar-refractivity contribution >= 4 is 17.4 Å². The van der Waals surface area contributed by atoms with Gasteiger partial charge in [-0.1, -0.05) is 18.2 Å². The Balaban J connectivity index is 1.44. The van der Waals surface area contributed by atoms with Gasteiger partial charge in [-0.15, -0.1) is 0 Å². The summed E-state index contributed by atoms with van der Waals surface area (Å²) in [7, 11) is 0. The fourth-order valence-corrected chi connectivity index (χ4v) is 4.42. The Bertz CT molecular complexity index is 1050. The number of anilines is 2. The second kappa shape index (κ2) is 9.44. The molecule has 0 radical (unpaired) electrons. The second-order valence-corrected chi connectivity index (χ2v) is 8.35. The number of amides is 1. The first kappa shape index (κ1) is 20.6. The Kier molecular flexibility index (Phi) is 6.07. The van der Waals surface area contributed by atoms with E-state index in [2.05, 4.69) is 10.3 Å². The van der Waals surface area contributed by atoms with E-state index in [1.165, 1.54) is 0 Å². The van der Waals surface area contributed by atoms with Gasteiger partial charge in [0.05, 0.1) is 5.69 Å². The highest BCUT2D eigenvalue weighted by Crippen LogP contribution is 2.30. The number of likely N-dealkylation sites (tertiary alicyclic amines) is 1. The van der Waals surface area contributed by atoms with E-state index in [4.69, 9.17) is 14.7 Å².